The smallest absolute Gasteiger partial charge is 0.0627 e. The molecule has 0 aliphatic rings. The summed E-state index contributed by atoms with van der Waals surface area (Å²) < 4.78 is 10.1. The fraction of sp³-hybridized carbons (Fsp3) is 0. The van der Waals surface area contributed by atoms with E-state index >= 15 is 0 Å². The second kappa shape index (κ2) is 14.7. The van der Waals surface area contributed by atoms with Crippen molar-refractivity contribution in [2.45, 2.75) is 0 Å². The van der Waals surface area contributed by atoms with Crippen LogP contribution in [0.15, 0.2) is 255 Å². The van der Waals surface area contributed by atoms with Crippen LogP contribution in [0.4, 0.5) is 0 Å². The lowest BCUT2D eigenvalue weighted by Gasteiger charge is -2.13. The third-order valence-electron chi connectivity index (χ3n) is 17.7. The Hall–Kier alpha value is -10.4. The number of nitrogens with zero attached hydrogens (tertiary/aromatic N) is 4. The lowest BCUT2D eigenvalue weighted by atomic mass is 9.93. The van der Waals surface area contributed by atoms with Crippen molar-refractivity contribution in [3.63, 3.8) is 0 Å². The van der Waals surface area contributed by atoms with Gasteiger partial charge >= 0.3 is 0 Å². The molecular weight excluding hydrogens is 945 g/mol. The van der Waals surface area contributed by atoms with E-state index in [9.17, 15) is 0 Å². The minimum atomic E-state index is 1.16. The van der Waals surface area contributed by atoms with E-state index in [1.165, 1.54) is 169 Å². The molecule has 0 radical (unpaired) electrons. The molecule has 19 aromatic rings. The number of hydrogen-bond acceptors (Lipinski definition) is 0. The molecule has 0 aliphatic heterocycles. The van der Waals surface area contributed by atoms with E-state index < -0.39 is 0 Å². The molecule has 0 spiro atoms. The zero-order valence-electron chi connectivity index (χ0n) is 42.0. The van der Waals surface area contributed by atoms with Gasteiger partial charge in [-0.25, -0.2) is 0 Å². The lowest BCUT2D eigenvalue weighted by molar-refractivity contribution is 1.18. The molecule has 6 aromatic heterocycles. The van der Waals surface area contributed by atoms with E-state index in [2.05, 4.69) is 273 Å². The highest BCUT2D eigenvalue weighted by Crippen LogP contribution is 2.51. The molecule has 4 nitrogen and oxygen atoms in total. The van der Waals surface area contributed by atoms with Gasteiger partial charge in [-0.3, -0.25) is 0 Å². The fourth-order valence-corrected chi connectivity index (χ4v) is 14.6. The zero-order valence-corrected chi connectivity index (χ0v) is 42.0. The Kier molecular flexibility index (Phi) is 7.71. The zero-order chi connectivity index (χ0) is 50.5. The Morgan fingerprint density at radius 2 is 0.667 bits per heavy atom. The summed E-state index contributed by atoms with van der Waals surface area (Å²) in [6, 6.07) is 95.5. The van der Waals surface area contributed by atoms with Crippen molar-refractivity contribution in [2.24, 2.45) is 0 Å². The van der Waals surface area contributed by atoms with Gasteiger partial charge in [-0.15, -0.1) is 0 Å². The number of rotatable bonds is 4. The van der Waals surface area contributed by atoms with E-state index in [4.69, 9.17) is 0 Å². The van der Waals surface area contributed by atoms with Crippen LogP contribution in [0.1, 0.15) is 0 Å². The van der Waals surface area contributed by atoms with Gasteiger partial charge in [0.25, 0.3) is 0 Å². The Morgan fingerprint density at radius 3 is 1.35 bits per heavy atom. The monoisotopic (exact) mass is 986 g/mol. The Labute approximate surface area is 445 Å². The number of fused-ring (bicyclic) bond motifs is 21. The highest BCUT2D eigenvalue weighted by atomic mass is 15.0. The number of hydrogen-bond donors (Lipinski definition) is 0. The predicted molar refractivity (Wildman–Crippen MR) is 330 cm³/mol. The van der Waals surface area contributed by atoms with Crippen LogP contribution in [-0.4, -0.2) is 17.9 Å². The average molecular weight is 987 g/mol. The van der Waals surface area contributed by atoms with Gasteiger partial charge in [-0.2, -0.15) is 0 Å². The fourth-order valence-electron chi connectivity index (χ4n) is 14.6. The average Bonchev–Trinajstić information content (AvgIpc) is 3.85. The quantitative estimate of drug-likeness (QED) is 0.167. The van der Waals surface area contributed by atoms with Crippen molar-refractivity contribution in [2.75, 3.05) is 0 Å². The van der Waals surface area contributed by atoms with E-state index in [0.717, 1.165) is 5.69 Å². The molecule has 358 valence electrons. The molecule has 78 heavy (non-hydrogen) atoms. The minimum absolute atomic E-state index is 1.16. The summed E-state index contributed by atoms with van der Waals surface area (Å²) in [6.07, 6.45) is 0. The van der Waals surface area contributed by atoms with Crippen LogP contribution in [0.25, 0.3) is 175 Å². The summed E-state index contributed by atoms with van der Waals surface area (Å²) in [4.78, 5) is 0. The summed E-state index contributed by atoms with van der Waals surface area (Å²) in [5, 5.41) is 20.2. The summed E-state index contributed by atoms with van der Waals surface area (Å²) in [6.45, 7) is 0. The largest absolute Gasteiger partial charge is 0.309 e. The summed E-state index contributed by atoms with van der Waals surface area (Å²) >= 11 is 0. The molecule has 0 unspecified atom stereocenters. The molecule has 19 rings (SSSR count). The van der Waals surface area contributed by atoms with Crippen molar-refractivity contribution in [1.82, 2.24) is 17.9 Å². The molecular formula is C74H42N4. The highest BCUT2D eigenvalue weighted by molar-refractivity contribution is 6.36. The number of benzene rings is 13. The summed E-state index contributed by atoms with van der Waals surface area (Å²) in [5.41, 5.74) is 19.6. The molecule has 6 heterocycles. The van der Waals surface area contributed by atoms with Crippen molar-refractivity contribution in [3.05, 3.63) is 255 Å². The third kappa shape index (κ3) is 5.10. The molecule has 0 fully saturated rings. The van der Waals surface area contributed by atoms with E-state index in [1.807, 2.05) is 0 Å². The highest BCUT2D eigenvalue weighted by Gasteiger charge is 2.28. The van der Waals surface area contributed by atoms with Crippen molar-refractivity contribution < 1.29 is 0 Å². The van der Waals surface area contributed by atoms with Crippen molar-refractivity contribution >= 4 is 141 Å². The van der Waals surface area contributed by atoms with Gasteiger partial charge in [0.15, 0.2) is 0 Å². The molecule has 13 aromatic carbocycles. The van der Waals surface area contributed by atoms with Gasteiger partial charge in [-0.05, 0) is 118 Å². The van der Waals surface area contributed by atoms with Gasteiger partial charge in [-0.1, -0.05) is 170 Å². The molecule has 0 bridgehead atoms. The maximum absolute atomic E-state index is 2.65. The first-order chi connectivity index (χ1) is 38.7. The first-order valence-electron chi connectivity index (χ1n) is 27.1. The molecule has 0 aliphatic carbocycles. The van der Waals surface area contributed by atoms with Gasteiger partial charge in [0.1, 0.15) is 0 Å². The maximum atomic E-state index is 2.65. The molecule has 4 heteroatoms. The van der Waals surface area contributed by atoms with Crippen LogP contribution in [-0.2, 0) is 0 Å². The second-order valence-corrected chi connectivity index (χ2v) is 21.5. The summed E-state index contributed by atoms with van der Waals surface area (Å²) in [7, 11) is 0. The number of aromatic nitrogens is 4. The lowest BCUT2D eigenvalue weighted by Crippen LogP contribution is -1.93. The van der Waals surface area contributed by atoms with Gasteiger partial charge in [0.05, 0.1) is 55.2 Å². The maximum Gasteiger partial charge on any atom is 0.0627 e. The minimum Gasteiger partial charge on any atom is -0.309 e. The van der Waals surface area contributed by atoms with Crippen molar-refractivity contribution in [3.8, 4) is 33.6 Å². The second-order valence-electron chi connectivity index (χ2n) is 21.5. The summed E-state index contributed by atoms with van der Waals surface area (Å²) in [5.74, 6) is 0. The van der Waals surface area contributed by atoms with Crippen LogP contribution >= 0.6 is 0 Å². The predicted octanol–water partition coefficient (Wildman–Crippen LogP) is 19.8. The van der Waals surface area contributed by atoms with Gasteiger partial charge in [0.2, 0.25) is 0 Å². The number of para-hydroxylation sites is 6. The van der Waals surface area contributed by atoms with Crippen LogP contribution in [0.3, 0.4) is 0 Å². The van der Waals surface area contributed by atoms with Crippen LogP contribution in [0, 0.1) is 0 Å². The van der Waals surface area contributed by atoms with E-state index in [-0.39, 0.29) is 0 Å². The van der Waals surface area contributed by atoms with Crippen LogP contribution in [0.2, 0.25) is 0 Å². The van der Waals surface area contributed by atoms with E-state index in [1.54, 1.807) is 0 Å². The Morgan fingerprint density at radius 1 is 0.218 bits per heavy atom. The third-order valence-corrected chi connectivity index (χ3v) is 17.7. The topological polar surface area (TPSA) is 18.7 Å². The molecule has 0 saturated carbocycles. The van der Waals surface area contributed by atoms with Crippen molar-refractivity contribution in [1.29, 1.82) is 0 Å². The van der Waals surface area contributed by atoms with Gasteiger partial charge < -0.3 is 17.9 Å². The Bertz CT molecular complexity index is 5790. The SMILES string of the molecule is c1ccc(-n2c3ccccc3c3cc(-c4cccc5c6cccc7c8cc9c(cc8n(c45)c76)c4c5ccccc5cc5c6cc7ccccc7c(-c7ccc8c(c7)c7ccccc7n8-c7ccccc7)c6n9c54)ccc32)cc1. The standard InChI is InChI=1S/C74H42N4/c1-3-19-47(20-4-1)75-63-31-13-11-25-52(63)57-37-45(33-35-65(57)75)51-27-15-28-54-55-29-16-30-56-59-41-68-62(42-67(59)77(71(51)54)72(55)56)70-50-24-10-8-18-44(50)39-61-60-38-43-17-7-9-23-49(43)69(73(60)78(68)74(61)70)46-34-36-66-58(40-46)53-26-12-14-32-64(53)76(66)48-21-5-2-6-22-48/h1-42H. The van der Waals surface area contributed by atoms with E-state index in [0.29, 0.717) is 0 Å². The first kappa shape index (κ1) is 40.9. The first-order valence-corrected chi connectivity index (χ1v) is 27.1. The molecule has 0 N–H and O–H groups in total. The Balaban J connectivity index is 0.932. The molecule has 0 amide bonds. The molecule has 0 saturated heterocycles. The van der Waals surface area contributed by atoms with Gasteiger partial charge in [0, 0.05) is 87.1 Å². The normalized spacial score (nSPS) is 12.6. The van der Waals surface area contributed by atoms with Crippen LogP contribution < -0.4 is 0 Å². The van der Waals surface area contributed by atoms with Crippen LogP contribution in [0.5, 0.6) is 0 Å². The molecule has 0 atom stereocenters.